The molecule has 7 aromatic carbocycles. The number of anilines is 3. The molecule has 1 aliphatic rings. The maximum Gasteiger partial charge on any atom is 0.0714 e. The third kappa shape index (κ3) is 4.23. The molecular formula is C44H35N. The Balaban J connectivity index is 1.56. The quantitative estimate of drug-likeness (QED) is 0.197. The Kier molecular flexibility index (Phi) is 6.43. The predicted molar refractivity (Wildman–Crippen MR) is 190 cm³/mol. The van der Waals surface area contributed by atoms with Crippen LogP contribution < -0.4 is 4.90 Å². The molecule has 8 rings (SSSR count). The van der Waals surface area contributed by atoms with Crippen LogP contribution in [-0.4, -0.2) is 0 Å². The topological polar surface area (TPSA) is 3.24 Å². The van der Waals surface area contributed by atoms with Gasteiger partial charge in [-0.2, -0.15) is 0 Å². The lowest BCUT2D eigenvalue weighted by atomic mass is 9.67. The first kappa shape index (κ1) is 27.2. The summed E-state index contributed by atoms with van der Waals surface area (Å²) >= 11 is 0. The molecule has 1 heteroatoms. The lowest BCUT2D eigenvalue weighted by Gasteiger charge is -2.35. The summed E-state index contributed by atoms with van der Waals surface area (Å²) in [6.07, 6.45) is 0. The normalized spacial score (nSPS) is 13.0. The molecule has 0 radical (unpaired) electrons. The molecular weight excluding hydrogens is 542 g/mol. The van der Waals surface area contributed by atoms with E-state index in [2.05, 4.69) is 183 Å². The van der Waals surface area contributed by atoms with Gasteiger partial charge in [-0.1, -0.05) is 144 Å². The second-order valence-electron chi connectivity index (χ2n) is 12.4. The van der Waals surface area contributed by atoms with Crippen LogP contribution in [-0.2, 0) is 5.41 Å². The number of fused-ring (bicyclic) bond motifs is 5. The van der Waals surface area contributed by atoms with Crippen molar-refractivity contribution in [2.24, 2.45) is 0 Å². The average molecular weight is 578 g/mol. The molecule has 0 aromatic heterocycles. The lowest BCUT2D eigenvalue weighted by molar-refractivity contribution is 0.767. The monoisotopic (exact) mass is 577 g/mol. The summed E-state index contributed by atoms with van der Waals surface area (Å²) in [6, 6.07) is 58.5. The first-order chi connectivity index (χ1) is 22.1. The number of nitrogens with zero attached hydrogens (tertiary/aromatic N) is 1. The van der Waals surface area contributed by atoms with Crippen LogP contribution in [0.1, 0.15) is 38.9 Å². The largest absolute Gasteiger partial charge is 0.310 e. The van der Waals surface area contributed by atoms with E-state index in [4.69, 9.17) is 0 Å². The zero-order chi connectivity index (χ0) is 30.5. The molecule has 0 fully saturated rings. The van der Waals surface area contributed by atoms with Gasteiger partial charge in [-0.15, -0.1) is 0 Å². The Morgan fingerprint density at radius 1 is 0.422 bits per heavy atom. The van der Waals surface area contributed by atoms with Gasteiger partial charge in [-0.25, -0.2) is 0 Å². The zero-order valence-electron chi connectivity index (χ0n) is 26.0. The first-order valence-corrected chi connectivity index (χ1v) is 15.8. The van der Waals surface area contributed by atoms with E-state index < -0.39 is 5.41 Å². The molecule has 7 aromatic rings. The van der Waals surface area contributed by atoms with Gasteiger partial charge in [0.15, 0.2) is 0 Å². The minimum absolute atomic E-state index is 0.490. The number of aryl methyl sites for hydroxylation is 3. The van der Waals surface area contributed by atoms with Gasteiger partial charge >= 0.3 is 0 Å². The summed E-state index contributed by atoms with van der Waals surface area (Å²) in [6.45, 7) is 6.56. The van der Waals surface area contributed by atoms with Crippen molar-refractivity contribution in [1.29, 1.82) is 0 Å². The van der Waals surface area contributed by atoms with Crippen molar-refractivity contribution in [1.82, 2.24) is 0 Å². The molecule has 0 spiro atoms. The summed E-state index contributed by atoms with van der Waals surface area (Å²) in [4.78, 5) is 2.42. The Labute approximate surface area is 266 Å². The fourth-order valence-corrected chi connectivity index (χ4v) is 7.44. The van der Waals surface area contributed by atoms with Gasteiger partial charge in [0.1, 0.15) is 0 Å². The molecule has 0 amide bonds. The van der Waals surface area contributed by atoms with Gasteiger partial charge in [0, 0.05) is 16.8 Å². The van der Waals surface area contributed by atoms with Gasteiger partial charge in [0.05, 0.1) is 11.1 Å². The van der Waals surface area contributed by atoms with Crippen molar-refractivity contribution in [3.8, 4) is 11.1 Å². The molecule has 0 N–H and O–H groups in total. The van der Waals surface area contributed by atoms with Crippen LogP contribution in [0.4, 0.5) is 17.1 Å². The van der Waals surface area contributed by atoms with Crippen molar-refractivity contribution in [3.05, 3.63) is 197 Å². The number of para-hydroxylation sites is 2. The number of benzene rings is 7. The summed E-state index contributed by atoms with van der Waals surface area (Å²) < 4.78 is 0. The highest BCUT2D eigenvalue weighted by Gasteiger charge is 2.47. The molecule has 0 saturated heterocycles. The SMILES string of the molecule is Cc1ccc(C2(c3ccc(C)cc3)c3cc(C)ccc3-c3c2cc(N(c2ccccc2)c2ccccc2)c2ccccc32)cc1. The van der Waals surface area contributed by atoms with Gasteiger partial charge in [0.25, 0.3) is 0 Å². The van der Waals surface area contributed by atoms with E-state index in [0.717, 1.165) is 11.4 Å². The molecule has 0 aliphatic heterocycles. The van der Waals surface area contributed by atoms with E-state index in [1.807, 2.05) is 0 Å². The van der Waals surface area contributed by atoms with E-state index >= 15 is 0 Å². The Bertz CT molecular complexity index is 2070. The van der Waals surface area contributed by atoms with Crippen LogP contribution in [0.3, 0.4) is 0 Å². The van der Waals surface area contributed by atoms with Crippen LogP contribution in [0.5, 0.6) is 0 Å². The van der Waals surface area contributed by atoms with Crippen molar-refractivity contribution < 1.29 is 0 Å². The maximum atomic E-state index is 2.49. The second-order valence-corrected chi connectivity index (χ2v) is 12.4. The van der Waals surface area contributed by atoms with Crippen molar-refractivity contribution in [2.75, 3.05) is 4.90 Å². The predicted octanol–water partition coefficient (Wildman–Crippen LogP) is 11.6. The molecule has 45 heavy (non-hydrogen) atoms. The third-order valence-corrected chi connectivity index (χ3v) is 9.51. The highest BCUT2D eigenvalue weighted by atomic mass is 15.1. The molecule has 0 atom stereocenters. The lowest BCUT2D eigenvalue weighted by Crippen LogP contribution is -2.29. The molecule has 0 saturated carbocycles. The molecule has 1 aliphatic carbocycles. The minimum atomic E-state index is -0.490. The average Bonchev–Trinajstić information content (AvgIpc) is 3.36. The smallest absolute Gasteiger partial charge is 0.0714 e. The van der Waals surface area contributed by atoms with Crippen LogP contribution in [0.2, 0.25) is 0 Å². The standard InChI is InChI=1S/C44H35N/c1-30-18-23-33(24-19-30)44(34-25-20-31(2)21-26-34)40-28-32(3)22-27-39(40)43-38-17-11-10-16-37(38)42(29-41(43)44)45(35-12-6-4-7-13-35)36-14-8-5-9-15-36/h4-29H,1-3H3. The van der Waals surface area contributed by atoms with Crippen molar-refractivity contribution >= 4 is 27.8 Å². The number of hydrogen-bond acceptors (Lipinski definition) is 1. The second kappa shape index (κ2) is 10.6. The maximum absolute atomic E-state index is 2.49. The van der Waals surface area contributed by atoms with E-state index in [1.54, 1.807) is 0 Å². The Morgan fingerprint density at radius 3 is 1.47 bits per heavy atom. The zero-order valence-corrected chi connectivity index (χ0v) is 26.0. The van der Waals surface area contributed by atoms with E-state index in [1.165, 1.54) is 66.5 Å². The van der Waals surface area contributed by atoms with Crippen LogP contribution in [0, 0.1) is 20.8 Å². The van der Waals surface area contributed by atoms with E-state index in [-0.39, 0.29) is 0 Å². The van der Waals surface area contributed by atoms with Gasteiger partial charge in [-0.05, 0) is 89.9 Å². The van der Waals surface area contributed by atoms with Crippen LogP contribution in [0.25, 0.3) is 21.9 Å². The summed E-state index contributed by atoms with van der Waals surface area (Å²) in [5.41, 5.74) is 14.6. The molecule has 0 unspecified atom stereocenters. The highest BCUT2D eigenvalue weighted by Crippen LogP contribution is 2.60. The molecule has 216 valence electrons. The van der Waals surface area contributed by atoms with E-state index in [0.29, 0.717) is 0 Å². The summed E-state index contributed by atoms with van der Waals surface area (Å²) in [5.74, 6) is 0. The first-order valence-electron chi connectivity index (χ1n) is 15.8. The van der Waals surface area contributed by atoms with Crippen molar-refractivity contribution in [2.45, 2.75) is 26.2 Å². The summed E-state index contributed by atoms with van der Waals surface area (Å²) in [5, 5.41) is 2.51. The third-order valence-electron chi connectivity index (χ3n) is 9.51. The molecule has 0 bridgehead atoms. The highest BCUT2D eigenvalue weighted by molar-refractivity contribution is 6.11. The summed E-state index contributed by atoms with van der Waals surface area (Å²) in [7, 11) is 0. The number of rotatable bonds is 5. The number of hydrogen-bond donors (Lipinski definition) is 0. The van der Waals surface area contributed by atoms with Gasteiger partial charge in [-0.3, -0.25) is 0 Å². The Hall–Kier alpha value is -5.40. The van der Waals surface area contributed by atoms with Crippen molar-refractivity contribution in [3.63, 3.8) is 0 Å². The minimum Gasteiger partial charge on any atom is -0.310 e. The van der Waals surface area contributed by atoms with Gasteiger partial charge in [0.2, 0.25) is 0 Å². The molecule has 1 nitrogen and oxygen atoms in total. The van der Waals surface area contributed by atoms with Crippen LogP contribution in [0.15, 0.2) is 158 Å². The fourth-order valence-electron chi connectivity index (χ4n) is 7.44. The fraction of sp³-hybridized carbons (Fsp3) is 0.0909. The Morgan fingerprint density at radius 2 is 0.911 bits per heavy atom. The van der Waals surface area contributed by atoms with E-state index in [9.17, 15) is 0 Å². The van der Waals surface area contributed by atoms with Gasteiger partial charge < -0.3 is 4.90 Å². The molecule has 0 heterocycles. The van der Waals surface area contributed by atoms with Crippen LogP contribution >= 0.6 is 0 Å².